The molecule has 51 valence electrons. The first-order valence-electron chi connectivity index (χ1n) is 3.58. The summed E-state index contributed by atoms with van der Waals surface area (Å²) < 4.78 is 0. The Kier molecular flexibility index (Phi) is 0.947. The molecule has 2 aliphatic rings. The zero-order valence-corrected chi connectivity index (χ0v) is 5.63. The van der Waals surface area contributed by atoms with Gasteiger partial charge in [0.25, 0.3) is 0 Å². The van der Waals surface area contributed by atoms with Crippen LogP contribution in [-0.4, -0.2) is 5.78 Å². The van der Waals surface area contributed by atoms with Crippen LogP contribution in [-0.2, 0) is 4.79 Å². The maximum atomic E-state index is 11.3. The van der Waals surface area contributed by atoms with Gasteiger partial charge in [-0.3, -0.25) is 4.79 Å². The summed E-state index contributed by atoms with van der Waals surface area (Å²) in [6.45, 7) is 0. The topological polar surface area (TPSA) is 40.9 Å². The minimum atomic E-state index is -0.648. The van der Waals surface area contributed by atoms with Crippen molar-refractivity contribution in [2.75, 3.05) is 0 Å². The lowest BCUT2D eigenvalue weighted by molar-refractivity contribution is -0.123. The zero-order chi connectivity index (χ0) is 7.19. The molecule has 2 nitrogen and oxygen atoms in total. The lowest BCUT2D eigenvalue weighted by Gasteiger charge is -2.12. The molecule has 2 atom stereocenters. The summed E-state index contributed by atoms with van der Waals surface area (Å²) in [6.07, 6.45) is 4.44. The fourth-order valence-electron chi connectivity index (χ4n) is 1.95. The first-order valence-corrected chi connectivity index (χ1v) is 3.58. The van der Waals surface area contributed by atoms with Gasteiger partial charge < -0.3 is 0 Å². The maximum absolute atomic E-state index is 11.3. The van der Waals surface area contributed by atoms with Gasteiger partial charge in [0.15, 0.2) is 5.78 Å². The molecular formula is C8H8NO. The van der Waals surface area contributed by atoms with E-state index in [-0.39, 0.29) is 11.7 Å². The molecule has 2 aliphatic carbocycles. The second kappa shape index (κ2) is 1.60. The number of carbonyl (C=O) groups is 1. The van der Waals surface area contributed by atoms with E-state index >= 15 is 0 Å². The van der Waals surface area contributed by atoms with E-state index in [0.29, 0.717) is 0 Å². The van der Waals surface area contributed by atoms with Crippen molar-refractivity contribution in [1.82, 2.24) is 0 Å². The van der Waals surface area contributed by atoms with Crippen LogP contribution in [0.1, 0.15) is 19.3 Å². The number of hydrogen-bond donors (Lipinski definition) is 0. The van der Waals surface area contributed by atoms with Crippen LogP contribution in [0.2, 0.25) is 0 Å². The van der Waals surface area contributed by atoms with Crippen molar-refractivity contribution < 1.29 is 4.79 Å². The van der Waals surface area contributed by atoms with Crippen molar-refractivity contribution in [2.45, 2.75) is 19.3 Å². The minimum Gasteiger partial charge on any atom is -0.298 e. The van der Waals surface area contributed by atoms with Crippen molar-refractivity contribution in [3.05, 3.63) is 6.42 Å². The predicted molar refractivity (Wildman–Crippen MR) is 34.7 cm³/mol. The number of nitriles is 1. The van der Waals surface area contributed by atoms with Crippen LogP contribution in [0.5, 0.6) is 0 Å². The highest BCUT2D eigenvalue weighted by Gasteiger charge is 2.53. The van der Waals surface area contributed by atoms with Crippen LogP contribution in [0.3, 0.4) is 0 Å². The normalized spacial score (nSPS) is 43.9. The highest BCUT2D eigenvalue weighted by Crippen LogP contribution is 2.49. The van der Waals surface area contributed by atoms with E-state index in [0.717, 1.165) is 19.3 Å². The Bertz CT molecular complexity index is 218. The molecule has 0 aromatic carbocycles. The van der Waals surface area contributed by atoms with Crippen LogP contribution >= 0.6 is 0 Å². The first-order chi connectivity index (χ1) is 4.78. The number of ketones is 1. The lowest BCUT2D eigenvalue weighted by Crippen LogP contribution is -2.19. The molecule has 0 aliphatic heterocycles. The van der Waals surface area contributed by atoms with E-state index in [9.17, 15) is 4.79 Å². The van der Waals surface area contributed by atoms with Gasteiger partial charge in [-0.15, -0.1) is 0 Å². The number of carbonyl (C=O) groups excluding carboxylic acids is 1. The van der Waals surface area contributed by atoms with Gasteiger partial charge in [-0.25, -0.2) is 0 Å². The smallest absolute Gasteiger partial charge is 0.156 e. The molecular weight excluding hydrogens is 126 g/mol. The quantitative estimate of drug-likeness (QED) is 0.497. The highest BCUT2D eigenvalue weighted by molar-refractivity contribution is 5.95. The number of rotatable bonds is 0. The maximum Gasteiger partial charge on any atom is 0.156 e. The summed E-state index contributed by atoms with van der Waals surface area (Å²) >= 11 is 0. The summed E-state index contributed by atoms with van der Waals surface area (Å²) in [6, 6.07) is 2.11. The largest absolute Gasteiger partial charge is 0.298 e. The molecule has 0 N–H and O–H groups in total. The molecule has 1 radical (unpaired) electrons. The second-order valence-corrected chi connectivity index (χ2v) is 3.12. The van der Waals surface area contributed by atoms with E-state index in [4.69, 9.17) is 5.26 Å². The molecule has 2 heteroatoms. The van der Waals surface area contributed by atoms with E-state index in [1.165, 1.54) is 0 Å². The third-order valence-electron chi connectivity index (χ3n) is 2.65. The summed E-state index contributed by atoms with van der Waals surface area (Å²) in [7, 11) is 0. The predicted octanol–water partition coefficient (Wildman–Crippen LogP) is 1.08. The van der Waals surface area contributed by atoms with Crippen molar-refractivity contribution in [3.8, 4) is 6.07 Å². The average molecular weight is 134 g/mol. The lowest BCUT2D eigenvalue weighted by atomic mass is 9.86. The number of hydrogen-bond acceptors (Lipinski definition) is 2. The van der Waals surface area contributed by atoms with Crippen LogP contribution in [0.15, 0.2) is 0 Å². The Morgan fingerprint density at radius 1 is 1.80 bits per heavy atom. The Hall–Kier alpha value is -0.840. The van der Waals surface area contributed by atoms with E-state index < -0.39 is 5.41 Å². The molecule has 0 amide bonds. The Morgan fingerprint density at radius 2 is 2.60 bits per heavy atom. The number of fused-ring (bicyclic) bond motifs is 2. The van der Waals surface area contributed by atoms with Gasteiger partial charge in [0.2, 0.25) is 0 Å². The summed E-state index contributed by atoms with van der Waals surface area (Å²) in [5.41, 5.74) is -0.648. The van der Waals surface area contributed by atoms with Crippen molar-refractivity contribution in [1.29, 1.82) is 5.26 Å². The van der Waals surface area contributed by atoms with Gasteiger partial charge in [0, 0.05) is 5.92 Å². The molecule has 0 saturated heterocycles. The van der Waals surface area contributed by atoms with Crippen molar-refractivity contribution in [2.24, 2.45) is 11.3 Å². The standard InChI is InChI=1S/C8H8NO/c9-5-8-3-1-6(2-4-8)7(8)10/h3,6H,1-2,4H2. The number of Topliss-reactive ketones (excluding diaryl/α,β-unsaturated/α-hetero) is 1. The van der Waals surface area contributed by atoms with Gasteiger partial charge in [-0.1, -0.05) is 0 Å². The summed E-state index contributed by atoms with van der Waals surface area (Å²) in [5.74, 6) is 0.370. The molecule has 0 spiro atoms. The second-order valence-electron chi connectivity index (χ2n) is 3.12. The zero-order valence-electron chi connectivity index (χ0n) is 5.63. The minimum absolute atomic E-state index is 0.176. The molecule has 2 fully saturated rings. The van der Waals surface area contributed by atoms with Gasteiger partial charge in [-0.05, 0) is 25.7 Å². The van der Waals surface area contributed by atoms with Crippen LogP contribution in [0.4, 0.5) is 0 Å². The van der Waals surface area contributed by atoms with Crippen molar-refractivity contribution in [3.63, 3.8) is 0 Å². The van der Waals surface area contributed by atoms with Crippen LogP contribution in [0.25, 0.3) is 0 Å². The van der Waals surface area contributed by atoms with Crippen LogP contribution in [0, 0.1) is 29.1 Å². The SMILES string of the molecule is N#CC12[CH]CC(CC1)C2=O. The third kappa shape index (κ3) is 0.465. The Labute approximate surface area is 59.8 Å². The van der Waals surface area contributed by atoms with E-state index in [1.54, 1.807) is 0 Å². The molecule has 2 rings (SSSR count). The van der Waals surface area contributed by atoms with E-state index in [2.05, 4.69) is 6.07 Å². The summed E-state index contributed by atoms with van der Waals surface area (Å²) in [5, 5.41) is 8.71. The Morgan fingerprint density at radius 3 is 2.80 bits per heavy atom. The average Bonchev–Trinajstić information content (AvgIpc) is 2.46. The molecule has 0 aromatic heterocycles. The van der Waals surface area contributed by atoms with Gasteiger partial charge in [0.1, 0.15) is 5.41 Å². The van der Waals surface area contributed by atoms with Gasteiger partial charge >= 0.3 is 0 Å². The monoisotopic (exact) mass is 134 g/mol. The third-order valence-corrected chi connectivity index (χ3v) is 2.65. The van der Waals surface area contributed by atoms with Gasteiger partial charge in [-0.2, -0.15) is 5.26 Å². The fourth-order valence-corrected chi connectivity index (χ4v) is 1.95. The Balaban J connectivity index is 2.41. The molecule has 10 heavy (non-hydrogen) atoms. The molecule has 0 heterocycles. The van der Waals surface area contributed by atoms with Crippen molar-refractivity contribution >= 4 is 5.78 Å². The molecule has 2 saturated carbocycles. The molecule has 2 unspecified atom stereocenters. The molecule has 2 bridgehead atoms. The van der Waals surface area contributed by atoms with Gasteiger partial charge in [0.05, 0.1) is 6.07 Å². The van der Waals surface area contributed by atoms with E-state index in [1.807, 2.05) is 6.42 Å². The first kappa shape index (κ1) is 5.91. The summed E-state index contributed by atoms with van der Waals surface area (Å²) in [4.78, 5) is 11.3. The van der Waals surface area contributed by atoms with Crippen LogP contribution < -0.4 is 0 Å². The number of nitrogens with zero attached hydrogens (tertiary/aromatic N) is 1. The molecule has 0 aromatic rings. The highest BCUT2D eigenvalue weighted by atomic mass is 16.1. The fraction of sp³-hybridized carbons (Fsp3) is 0.625.